The number of hydrogen-bond acceptors (Lipinski definition) is 8. The summed E-state index contributed by atoms with van der Waals surface area (Å²) in [6.07, 6.45) is 7.01. The van der Waals surface area contributed by atoms with Gasteiger partial charge in [-0.25, -0.2) is 4.79 Å². The fourth-order valence-electron chi connectivity index (χ4n) is 3.10. The van der Waals surface area contributed by atoms with Crippen LogP contribution in [0.2, 0.25) is 0 Å². The van der Waals surface area contributed by atoms with Gasteiger partial charge in [0.15, 0.2) is 5.65 Å². The van der Waals surface area contributed by atoms with Crippen molar-refractivity contribution < 1.29 is 9.59 Å². The first-order valence-corrected chi connectivity index (χ1v) is 9.60. The maximum absolute atomic E-state index is 11.9. The van der Waals surface area contributed by atoms with Gasteiger partial charge in [0.25, 0.3) is 5.91 Å². The van der Waals surface area contributed by atoms with Crippen LogP contribution in [0.1, 0.15) is 37.1 Å². The highest BCUT2D eigenvalue weighted by Crippen LogP contribution is 2.26. The molecule has 1 saturated carbocycles. The van der Waals surface area contributed by atoms with E-state index in [-0.39, 0.29) is 11.7 Å². The second-order valence-electron chi connectivity index (χ2n) is 7.21. The zero-order valence-electron chi connectivity index (χ0n) is 16.1. The largest absolute Gasteiger partial charge is 0.351 e. The summed E-state index contributed by atoms with van der Waals surface area (Å²) in [6.45, 7) is 1.97. The predicted octanol–water partition coefficient (Wildman–Crippen LogP) is 1.45. The van der Waals surface area contributed by atoms with Gasteiger partial charge in [0.1, 0.15) is 5.70 Å². The van der Waals surface area contributed by atoms with Crippen molar-refractivity contribution in [3.05, 3.63) is 47.5 Å². The molecule has 4 heterocycles. The lowest BCUT2D eigenvalue weighted by molar-refractivity contribution is -0.115. The van der Waals surface area contributed by atoms with Crippen molar-refractivity contribution in [2.24, 2.45) is 0 Å². The maximum Gasteiger partial charge on any atom is 0.326 e. The summed E-state index contributed by atoms with van der Waals surface area (Å²) in [7, 11) is 0. The molecule has 152 valence electrons. The lowest BCUT2D eigenvalue weighted by atomic mass is 10.2. The van der Waals surface area contributed by atoms with Gasteiger partial charge in [0, 0.05) is 17.8 Å². The maximum atomic E-state index is 11.9. The van der Waals surface area contributed by atoms with E-state index >= 15 is 0 Å². The summed E-state index contributed by atoms with van der Waals surface area (Å²) < 4.78 is 1.59. The van der Waals surface area contributed by atoms with E-state index in [1.807, 2.05) is 25.1 Å². The highest BCUT2D eigenvalue weighted by molar-refractivity contribution is 6.14. The van der Waals surface area contributed by atoms with Gasteiger partial charge in [-0.1, -0.05) is 6.07 Å². The lowest BCUT2D eigenvalue weighted by Gasteiger charge is -2.15. The SMILES string of the molecule is C[C@H](Nc1nc(NC2CC2)n2ncc(/C=C3\NC(=O)NC3=O)c2n1)c1ccccn1. The van der Waals surface area contributed by atoms with Gasteiger partial charge in [-0.05, 0) is 38.0 Å². The van der Waals surface area contributed by atoms with Crippen LogP contribution in [-0.2, 0) is 4.79 Å². The Morgan fingerprint density at radius 2 is 2.10 bits per heavy atom. The van der Waals surface area contributed by atoms with E-state index < -0.39 is 11.9 Å². The van der Waals surface area contributed by atoms with E-state index in [4.69, 9.17) is 0 Å². The molecule has 1 aliphatic heterocycles. The molecule has 11 heteroatoms. The second kappa shape index (κ2) is 7.10. The highest BCUT2D eigenvalue weighted by atomic mass is 16.2. The van der Waals surface area contributed by atoms with Crippen LogP contribution in [-0.4, -0.2) is 42.5 Å². The molecule has 0 bridgehead atoms. The highest BCUT2D eigenvalue weighted by Gasteiger charge is 2.26. The van der Waals surface area contributed by atoms with Crippen molar-refractivity contribution in [1.29, 1.82) is 0 Å². The number of nitrogens with zero attached hydrogens (tertiary/aromatic N) is 5. The standard InChI is InChI=1S/C19H19N9O2/c1-10(13-4-2-3-7-20-13)22-17-25-15-11(8-14-16(29)26-19(30)24-14)9-21-28(15)18(27-17)23-12-5-6-12/h2-4,7-10,12H,5-6H2,1H3,(H2,22,23,25,27)(H2,24,26,29,30)/b14-8-/t10-/m0/s1. The first kappa shape index (κ1) is 18.0. The Balaban J connectivity index is 1.53. The smallest absolute Gasteiger partial charge is 0.326 e. The van der Waals surface area contributed by atoms with Gasteiger partial charge < -0.3 is 16.0 Å². The Morgan fingerprint density at radius 3 is 2.80 bits per heavy atom. The topological polar surface area (TPSA) is 138 Å². The molecular weight excluding hydrogens is 386 g/mol. The van der Waals surface area contributed by atoms with Crippen molar-refractivity contribution in [2.45, 2.75) is 31.8 Å². The minimum Gasteiger partial charge on any atom is -0.351 e. The first-order chi connectivity index (χ1) is 14.6. The van der Waals surface area contributed by atoms with Gasteiger partial charge in [-0.3, -0.25) is 15.1 Å². The third-order valence-corrected chi connectivity index (χ3v) is 4.80. The Labute approximate surface area is 171 Å². The lowest BCUT2D eigenvalue weighted by Crippen LogP contribution is -2.22. The molecule has 0 spiro atoms. The molecule has 4 N–H and O–H groups in total. The molecule has 0 radical (unpaired) electrons. The zero-order valence-corrected chi connectivity index (χ0v) is 16.1. The van der Waals surface area contributed by atoms with E-state index in [1.54, 1.807) is 23.0 Å². The van der Waals surface area contributed by atoms with Gasteiger partial charge in [0.05, 0.1) is 17.9 Å². The summed E-state index contributed by atoms with van der Waals surface area (Å²) in [4.78, 5) is 36.8. The zero-order chi connectivity index (χ0) is 20.7. The quantitative estimate of drug-likeness (QED) is 0.357. The van der Waals surface area contributed by atoms with E-state index in [1.165, 1.54) is 0 Å². The van der Waals surface area contributed by atoms with Crippen LogP contribution in [0.25, 0.3) is 11.7 Å². The monoisotopic (exact) mass is 405 g/mol. The normalized spacial score (nSPS) is 18.4. The Morgan fingerprint density at radius 1 is 1.23 bits per heavy atom. The van der Waals surface area contributed by atoms with Crippen molar-refractivity contribution in [3.8, 4) is 0 Å². The van der Waals surface area contributed by atoms with E-state index in [9.17, 15) is 9.59 Å². The molecule has 0 unspecified atom stereocenters. The third kappa shape index (κ3) is 3.52. The number of nitrogens with one attached hydrogen (secondary N) is 4. The molecular formula is C19H19N9O2. The number of amides is 3. The summed E-state index contributed by atoms with van der Waals surface area (Å²) in [5, 5.41) is 15.7. The number of pyridine rings is 1. The number of fused-ring (bicyclic) bond motifs is 1. The van der Waals surface area contributed by atoms with Crippen LogP contribution >= 0.6 is 0 Å². The average molecular weight is 405 g/mol. The van der Waals surface area contributed by atoms with Gasteiger partial charge >= 0.3 is 6.03 Å². The predicted molar refractivity (Wildman–Crippen MR) is 108 cm³/mol. The molecule has 1 saturated heterocycles. The van der Waals surface area contributed by atoms with Crippen LogP contribution < -0.4 is 21.3 Å². The summed E-state index contributed by atoms with van der Waals surface area (Å²) >= 11 is 0. The number of imide groups is 1. The molecule has 11 nitrogen and oxygen atoms in total. The minimum atomic E-state index is -0.556. The van der Waals surface area contributed by atoms with Crippen LogP contribution in [0, 0.1) is 0 Å². The number of carbonyl (C=O) groups is 2. The van der Waals surface area contributed by atoms with Crippen molar-refractivity contribution in [1.82, 2.24) is 35.2 Å². The molecule has 1 aliphatic carbocycles. The summed E-state index contributed by atoms with van der Waals surface area (Å²) in [5.41, 5.74) is 2.09. The molecule has 3 amide bonds. The number of aromatic nitrogens is 5. The fraction of sp³-hybridized carbons (Fsp3) is 0.263. The van der Waals surface area contributed by atoms with Crippen LogP contribution in [0.3, 0.4) is 0 Å². The average Bonchev–Trinajstić information content (AvgIpc) is 3.37. The minimum absolute atomic E-state index is 0.118. The Hall–Kier alpha value is -4.02. The molecule has 5 rings (SSSR count). The second-order valence-corrected chi connectivity index (χ2v) is 7.21. The summed E-state index contributed by atoms with van der Waals surface area (Å²) in [6, 6.07) is 5.39. The van der Waals surface area contributed by atoms with Crippen LogP contribution in [0.5, 0.6) is 0 Å². The van der Waals surface area contributed by atoms with E-state index in [2.05, 4.69) is 41.3 Å². The Kier molecular flexibility index (Phi) is 4.27. The molecule has 3 aromatic heterocycles. The number of urea groups is 1. The summed E-state index contributed by atoms with van der Waals surface area (Å²) in [5.74, 6) is 0.471. The number of anilines is 2. The van der Waals surface area contributed by atoms with Crippen molar-refractivity contribution >= 4 is 35.6 Å². The number of carbonyl (C=O) groups excluding carboxylic acids is 2. The first-order valence-electron chi connectivity index (χ1n) is 9.60. The number of rotatable bonds is 6. The fourth-order valence-corrected chi connectivity index (χ4v) is 3.10. The van der Waals surface area contributed by atoms with E-state index in [0.29, 0.717) is 29.1 Å². The molecule has 3 aromatic rings. The molecule has 30 heavy (non-hydrogen) atoms. The molecule has 2 aliphatic rings. The van der Waals surface area contributed by atoms with Crippen molar-refractivity contribution in [3.63, 3.8) is 0 Å². The van der Waals surface area contributed by atoms with Crippen LogP contribution in [0.15, 0.2) is 36.3 Å². The Bertz CT molecular complexity index is 1170. The van der Waals surface area contributed by atoms with Crippen molar-refractivity contribution in [2.75, 3.05) is 10.6 Å². The molecule has 1 atom stereocenters. The van der Waals surface area contributed by atoms with Gasteiger partial charge in [-0.2, -0.15) is 19.6 Å². The third-order valence-electron chi connectivity index (χ3n) is 4.80. The molecule has 0 aromatic carbocycles. The van der Waals surface area contributed by atoms with Gasteiger partial charge in [0.2, 0.25) is 11.9 Å². The number of hydrogen-bond donors (Lipinski definition) is 4. The molecule has 2 fully saturated rings. The van der Waals surface area contributed by atoms with Gasteiger partial charge in [-0.15, -0.1) is 0 Å². The van der Waals surface area contributed by atoms with Crippen LogP contribution in [0.4, 0.5) is 16.7 Å². The van der Waals surface area contributed by atoms with E-state index in [0.717, 1.165) is 18.5 Å².